The van der Waals surface area contributed by atoms with Crippen molar-refractivity contribution in [2.24, 2.45) is 5.92 Å². The van der Waals surface area contributed by atoms with Gasteiger partial charge in [-0.3, -0.25) is 4.79 Å². The number of carbonyl (C=O) groups is 2. The van der Waals surface area contributed by atoms with Crippen molar-refractivity contribution in [1.29, 1.82) is 0 Å². The van der Waals surface area contributed by atoms with Gasteiger partial charge in [-0.1, -0.05) is 6.42 Å². The van der Waals surface area contributed by atoms with Crippen LogP contribution in [0.2, 0.25) is 0 Å². The number of hydrogen-bond acceptors (Lipinski definition) is 4. The van der Waals surface area contributed by atoms with Crippen molar-refractivity contribution in [2.75, 3.05) is 27.3 Å². The molecular formula is C12H22N2O5. The van der Waals surface area contributed by atoms with Crippen molar-refractivity contribution in [3.8, 4) is 0 Å². The second-order valence-electron chi connectivity index (χ2n) is 4.92. The normalized spacial score (nSPS) is 23.9. The van der Waals surface area contributed by atoms with E-state index in [4.69, 9.17) is 9.84 Å². The standard InChI is InChI=1S/C12H22N2O5/c1-14(6-8(15)7-19-2)12(18)13-10-5-3-4-9(10)11(16)17/h8-10,15H,3-7H2,1-2H3,(H,13,18)(H,16,17). The summed E-state index contributed by atoms with van der Waals surface area (Å²) in [7, 11) is 3.03. The Balaban J connectivity index is 2.43. The molecule has 1 rings (SSSR count). The molecule has 3 atom stereocenters. The van der Waals surface area contributed by atoms with E-state index in [2.05, 4.69) is 5.32 Å². The molecule has 0 heterocycles. The number of amides is 2. The topological polar surface area (TPSA) is 99.1 Å². The molecule has 3 N–H and O–H groups in total. The van der Waals surface area contributed by atoms with E-state index in [9.17, 15) is 14.7 Å². The Morgan fingerprint density at radius 3 is 2.74 bits per heavy atom. The lowest BCUT2D eigenvalue weighted by molar-refractivity contribution is -0.142. The van der Waals surface area contributed by atoms with Gasteiger partial charge < -0.3 is 25.2 Å². The molecule has 19 heavy (non-hydrogen) atoms. The van der Waals surface area contributed by atoms with Crippen molar-refractivity contribution in [3.05, 3.63) is 0 Å². The molecule has 1 aliphatic rings. The van der Waals surface area contributed by atoms with Crippen molar-refractivity contribution in [3.63, 3.8) is 0 Å². The Bertz CT molecular complexity index is 323. The second kappa shape index (κ2) is 7.30. The molecule has 2 amide bonds. The van der Waals surface area contributed by atoms with Crippen molar-refractivity contribution < 1.29 is 24.5 Å². The van der Waals surface area contributed by atoms with Crippen LogP contribution in [-0.2, 0) is 9.53 Å². The van der Waals surface area contributed by atoms with Crippen LogP contribution in [0.5, 0.6) is 0 Å². The van der Waals surface area contributed by atoms with Crippen LogP contribution >= 0.6 is 0 Å². The van der Waals surface area contributed by atoms with Crippen LogP contribution in [0.15, 0.2) is 0 Å². The summed E-state index contributed by atoms with van der Waals surface area (Å²) >= 11 is 0. The number of aliphatic hydroxyl groups is 1. The zero-order chi connectivity index (χ0) is 14.4. The Labute approximate surface area is 112 Å². The minimum atomic E-state index is -0.870. The van der Waals surface area contributed by atoms with E-state index in [0.717, 1.165) is 6.42 Å². The minimum absolute atomic E-state index is 0.143. The first kappa shape index (κ1) is 15.7. The van der Waals surface area contributed by atoms with Gasteiger partial charge in [0.2, 0.25) is 0 Å². The molecule has 0 aromatic carbocycles. The number of urea groups is 1. The van der Waals surface area contributed by atoms with Gasteiger partial charge in [-0.15, -0.1) is 0 Å². The first-order chi connectivity index (χ1) is 8.95. The molecule has 1 fully saturated rings. The number of rotatable bonds is 6. The molecule has 0 bridgehead atoms. The lowest BCUT2D eigenvalue weighted by Crippen LogP contribution is -2.48. The molecule has 110 valence electrons. The van der Waals surface area contributed by atoms with Crippen LogP contribution in [0.3, 0.4) is 0 Å². The zero-order valence-electron chi connectivity index (χ0n) is 11.3. The molecule has 0 aliphatic heterocycles. The van der Waals surface area contributed by atoms with Gasteiger partial charge in [0.25, 0.3) is 0 Å². The fraction of sp³-hybridized carbons (Fsp3) is 0.833. The Morgan fingerprint density at radius 1 is 1.47 bits per heavy atom. The summed E-state index contributed by atoms with van der Waals surface area (Å²) in [6.07, 6.45) is 1.32. The van der Waals surface area contributed by atoms with E-state index in [1.807, 2.05) is 0 Å². The van der Waals surface area contributed by atoms with Crippen LogP contribution in [0.4, 0.5) is 4.79 Å². The number of aliphatic carboxylic acids is 1. The maximum Gasteiger partial charge on any atom is 0.317 e. The van der Waals surface area contributed by atoms with E-state index in [0.29, 0.717) is 12.8 Å². The van der Waals surface area contributed by atoms with E-state index in [-0.39, 0.29) is 25.2 Å². The summed E-state index contributed by atoms with van der Waals surface area (Å²) in [4.78, 5) is 24.2. The summed E-state index contributed by atoms with van der Waals surface area (Å²) in [5.41, 5.74) is 0. The fourth-order valence-electron chi connectivity index (χ4n) is 2.34. The van der Waals surface area contributed by atoms with Crippen LogP contribution in [0.1, 0.15) is 19.3 Å². The predicted octanol–water partition coefficient (Wildman–Crippen LogP) is -0.112. The lowest BCUT2D eigenvalue weighted by Gasteiger charge is -2.24. The van der Waals surface area contributed by atoms with Gasteiger partial charge in [-0.05, 0) is 12.8 Å². The zero-order valence-corrected chi connectivity index (χ0v) is 11.3. The van der Waals surface area contributed by atoms with E-state index in [1.165, 1.54) is 12.0 Å². The maximum absolute atomic E-state index is 11.9. The number of hydrogen-bond donors (Lipinski definition) is 3. The molecule has 0 aromatic rings. The van der Waals surface area contributed by atoms with Crippen LogP contribution in [-0.4, -0.2) is 66.6 Å². The highest BCUT2D eigenvalue weighted by molar-refractivity contribution is 5.77. The van der Waals surface area contributed by atoms with Crippen LogP contribution < -0.4 is 5.32 Å². The monoisotopic (exact) mass is 274 g/mol. The molecule has 0 radical (unpaired) electrons. The number of nitrogens with zero attached hydrogens (tertiary/aromatic N) is 1. The second-order valence-corrected chi connectivity index (χ2v) is 4.92. The van der Waals surface area contributed by atoms with Crippen molar-refractivity contribution >= 4 is 12.0 Å². The molecule has 7 heteroatoms. The number of carboxylic acids is 1. The van der Waals surface area contributed by atoms with Gasteiger partial charge >= 0.3 is 12.0 Å². The third-order valence-corrected chi connectivity index (χ3v) is 3.33. The van der Waals surface area contributed by atoms with Gasteiger partial charge in [0, 0.05) is 20.2 Å². The molecule has 3 unspecified atom stereocenters. The highest BCUT2D eigenvalue weighted by atomic mass is 16.5. The average molecular weight is 274 g/mol. The molecule has 1 saturated carbocycles. The third kappa shape index (κ3) is 4.68. The smallest absolute Gasteiger partial charge is 0.317 e. The molecule has 0 spiro atoms. The fourth-order valence-corrected chi connectivity index (χ4v) is 2.34. The van der Waals surface area contributed by atoms with Gasteiger partial charge in [-0.2, -0.15) is 0 Å². The highest BCUT2D eigenvalue weighted by Crippen LogP contribution is 2.25. The van der Waals surface area contributed by atoms with Crippen molar-refractivity contribution in [2.45, 2.75) is 31.4 Å². The number of likely N-dealkylation sites (N-methyl/N-ethyl adjacent to an activating group) is 1. The van der Waals surface area contributed by atoms with Gasteiger partial charge in [-0.25, -0.2) is 4.79 Å². The lowest BCUT2D eigenvalue weighted by atomic mass is 10.0. The quantitative estimate of drug-likeness (QED) is 0.627. The van der Waals surface area contributed by atoms with Gasteiger partial charge in [0.05, 0.1) is 25.2 Å². The summed E-state index contributed by atoms with van der Waals surface area (Å²) in [6.45, 7) is 0.295. The average Bonchev–Trinajstić information content (AvgIpc) is 2.77. The summed E-state index contributed by atoms with van der Waals surface area (Å²) in [5.74, 6) is -1.38. The first-order valence-corrected chi connectivity index (χ1v) is 6.37. The predicted molar refractivity (Wildman–Crippen MR) is 67.8 cm³/mol. The molecule has 0 aromatic heterocycles. The summed E-state index contributed by atoms with van der Waals surface area (Å²) in [5, 5.41) is 21.3. The number of aliphatic hydroxyl groups excluding tert-OH is 1. The Morgan fingerprint density at radius 2 is 2.16 bits per heavy atom. The van der Waals surface area contributed by atoms with Crippen molar-refractivity contribution in [1.82, 2.24) is 10.2 Å². The minimum Gasteiger partial charge on any atom is -0.481 e. The Kier molecular flexibility index (Phi) is 6.04. The van der Waals surface area contributed by atoms with Crippen LogP contribution in [0, 0.1) is 5.92 Å². The molecule has 0 saturated heterocycles. The maximum atomic E-state index is 11.9. The SMILES string of the molecule is COCC(O)CN(C)C(=O)NC1CCCC1C(=O)O. The number of carbonyl (C=O) groups excluding carboxylic acids is 1. The van der Waals surface area contributed by atoms with Gasteiger partial charge in [0.1, 0.15) is 0 Å². The summed E-state index contributed by atoms with van der Waals surface area (Å²) in [6, 6.07) is -0.694. The number of methoxy groups -OCH3 is 1. The van der Waals surface area contributed by atoms with Crippen LogP contribution in [0.25, 0.3) is 0 Å². The van der Waals surface area contributed by atoms with E-state index in [1.54, 1.807) is 7.05 Å². The largest absolute Gasteiger partial charge is 0.481 e. The van der Waals surface area contributed by atoms with E-state index < -0.39 is 18.0 Å². The highest BCUT2D eigenvalue weighted by Gasteiger charge is 2.34. The first-order valence-electron chi connectivity index (χ1n) is 6.37. The Hall–Kier alpha value is -1.34. The number of ether oxygens (including phenoxy) is 1. The third-order valence-electron chi connectivity index (χ3n) is 3.33. The number of nitrogens with one attached hydrogen (secondary N) is 1. The van der Waals surface area contributed by atoms with Gasteiger partial charge in [0.15, 0.2) is 0 Å². The summed E-state index contributed by atoms with van der Waals surface area (Å²) < 4.78 is 4.78. The molecule has 7 nitrogen and oxygen atoms in total. The molecule has 1 aliphatic carbocycles. The number of carboxylic acid groups (broad SMARTS) is 1. The van der Waals surface area contributed by atoms with E-state index >= 15 is 0 Å². The molecular weight excluding hydrogens is 252 g/mol.